The van der Waals surface area contributed by atoms with E-state index in [4.69, 9.17) is 11.6 Å². The van der Waals surface area contributed by atoms with Gasteiger partial charge in [0, 0.05) is 11.0 Å². The highest BCUT2D eigenvalue weighted by Gasteiger charge is 2.24. The van der Waals surface area contributed by atoms with Crippen LogP contribution in [0.15, 0.2) is 5.57 Å². The Morgan fingerprint density at radius 1 is 1.39 bits per heavy atom. The molecule has 0 fully saturated rings. The largest absolute Gasteiger partial charge is 0.294 e. The predicted molar refractivity (Wildman–Crippen MR) is 72.5 cm³/mol. The molecule has 0 bridgehead atoms. The number of carbonyl (C=O) groups is 1. The van der Waals surface area contributed by atoms with E-state index in [2.05, 4.69) is 15.3 Å². The summed E-state index contributed by atoms with van der Waals surface area (Å²) >= 11 is 6.10. The molecular weight excluding hydrogens is 250 g/mol. The zero-order chi connectivity index (χ0) is 13.5. The quantitative estimate of drug-likeness (QED) is 0.794. The predicted octanol–water partition coefficient (Wildman–Crippen LogP) is 3.07. The summed E-state index contributed by atoms with van der Waals surface area (Å²) in [6.07, 6.45) is 2.75. The Bertz CT molecular complexity index is 544. The topological polar surface area (TPSA) is 54.9 Å². The van der Waals surface area contributed by atoms with Crippen molar-refractivity contribution in [2.45, 2.75) is 34.1 Å². The van der Waals surface area contributed by atoms with Crippen LogP contribution in [0.4, 0.5) is 5.95 Å². The Balaban J connectivity index is 2.29. The van der Waals surface area contributed by atoms with Gasteiger partial charge in [0.15, 0.2) is 0 Å². The minimum Gasteiger partial charge on any atom is -0.294 e. The molecule has 1 aliphatic carbocycles. The van der Waals surface area contributed by atoms with Crippen LogP contribution in [0, 0.1) is 5.41 Å². The summed E-state index contributed by atoms with van der Waals surface area (Å²) in [4.78, 5) is 20.3. The van der Waals surface area contributed by atoms with Gasteiger partial charge < -0.3 is 0 Å². The van der Waals surface area contributed by atoms with Crippen molar-refractivity contribution in [2.24, 2.45) is 5.41 Å². The van der Waals surface area contributed by atoms with Crippen molar-refractivity contribution >= 4 is 29.5 Å². The molecule has 5 heteroatoms. The summed E-state index contributed by atoms with van der Waals surface area (Å²) in [5, 5.41) is 3.11. The van der Waals surface area contributed by atoms with E-state index >= 15 is 0 Å². The third-order valence-electron chi connectivity index (χ3n) is 2.73. The van der Waals surface area contributed by atoms with Gasteiger partial charge in [-0.2, -0.15) is 0 Å². The van der Waals surface area contributed by atoms with E-state index in [-0.39, 0.29) is 11.9 Å². The molecule has 4 nitrogen and oxygen atoms in total. The van der Waals surface area contributed by atoms with Crippen molar-refractivity contribution in [3.63, 3.8) is 0 Å². The summed E-state index contributed by atoms with van der Waals surface area (Å²) in [6.45, 7) is 7.52. The SMILES string of the molecule is CC1=Cc2nc(NC(=O)C(C)(C)C)nc(Cl)c2C1. The summed E-state index contributed by atoms with van der Waals surface area (Å²) in [5.41, 5.74) is 2.45. The number of aromatic nitrogens is 2. The zero-order valence-corrected chi connectivity index (χ0v) is 11.7. The van der Waals surface area contributed by atoms with Crippen LogP contribution in [0.3, 0.4) is 0 Å². The zero-order valence-electron chi connectivity index (χ0n) is 11.0. The van der Waals surface area contributed by atoms with Crippen LogP contribution in [0.1, 0.15) is 39.0 Å². The van der Waals surface area contributed by atoms with E-state index < -0.39 is 5.41 Å². The van der Waals surface area contributed by atoms with Crippen LogP contribution < -0.4 is 5.32 Å². The molecule has 0 aliphatic heterocycles. The van der Waals surface area contributed by atoms with Crippen molar-refractivity contribution in [2.75, 3.05) is 5.32 Å². The highest BCUT2D eigenvalue weighted by molar-refractivity contribution is 6.30. The first-order chi connectivity index (χ1) is 8.27. The molecule has 1 amide bonds. The van der Waals surface area contributed by atoms with Crippen molar-refractivity contribution in [1.82, 2.24) is 9.97 Å². The summed E-state index contributed by atoms with van der Waals surface area (Å²) in [7, 11) is 0. The van der Waals surface area contributed by atoms with Crippen LogP contribution in [0.5, 0.6) is 0 Å². The lowest BCUT2D eigenvalue weighted by Gasteiger charge is -2.17. The van der Waals surface area contributed by atoms with Gasteiger partial charge in [-0.1, -0.05) is 37.9 Å². The minimum atomic E-state index is -0.486. The van der Waals surface area contributed by atoms with Gasteiger partial charge in [-0.25, -0.2) is 9.97 Å². The maximum atomic E-state index is 11.9. The average Bonchev–Trinajstić information content (AvgIpc) is 2.57. The normalized spacial score (nSPS) is 14.2. The molecular formula is C13H16ClN3O. The summed E-state index contributed by atoms with van der Waals surface area (Å²) in [5.74, 6) is 0.141. The monoisotopic (exact) mass is 265 g/mol. The fourth-order valence-corrected chi connectivity index (χ4v) is 1.91. The molecule has 1 heterocycles. The summed E-state index contributed by atoms with van der Waals surface area (Å²) < 4.78 is 0. The van der Waals surface area contributed by atoms with Crippen molar-refractivity contribution in [3.8, 4) is 0 Å². The highest BCUT2D eigenvalue weighted by Crippen LogP contribution is 2.29. The van der Waals surface area contributed by atoms with E-state index in [1.54, 1.807) is 0 Å². The van der Waals surface area contributed by atoms with Gasteiger partial charge >= 0.3 is 0 Å². The first kappa shape index (κ1) is 13.0. The number of carbonyl (C=O) groups excluding carboxylic acids is 1. The number of rotatable bonds is 1. The molecule has 0 aromatic carbocycles. The van der Waals surface area contributed by atoms with E-state index in [1.165, 1.54) is 5.57 Å². The second kappa shape index (κ2) is 4.35. The molecule has 1 aromatic rings. The van der Waals surface area contributed by atoms with E-state index in [0.717, 1.165) is 17.7 Å². The van der Waals surface area contributed by atoms with Crippen LogP contribution in [-0.4, -0.2) is 15.9 Å². The van der Waals surface area contributed by atoms with Crippen molar-refractivity contribution in [3.05, 3.63) is 22.0 Å². The van der Waals surface area contributed by atoms with Gasteiger partial charge in [0.2, 0.25) is 11.9 Å². The first-order valence-electron chi connectivity index (χ1n) is 5.82. The minimum absolute atomic E-state index is 0.128. The molecule has 1 aliphatic rings. The molecule has 0 saturated heterocycles. The van der Waals surface area contributed by atoms with Gasteiger partial charge in [0.25, 0.3) is 0 Å². The van der Waals surface area contributed by atoms with E-state index in [0.29, 0.717) is 5.15 Å². The van der Waals surface area contributed by atoms with E-state index in [9.17, 15) is 4.79 Å². The second-order valence-electron chi connectivity index (χ2n) is 5.57. The highest BCUT2D eigenvalue weighted by atomic mass is 35.5. The third-order valence-corrected chi connectivity index (χ3v) is 3.05. The number of halogens is 1. The second-order valence-corrected chi connectivity index (χ2v) is 5.93. The fraction of sp³-hybridized carbons (Fsp3) is 0.462. The molecule has 0 atom stereocenters. The van der Waals surface area contributed by atoms with Gasteiger partial charge in [0.05, 0.1) is 5.69 Å². The number of allylic oxidation sites excluding steroid dienone is 1. The smallest absolute Gasteiger partial charge is 0.232 e. The molecule has 1 aromatic heterocycles. The molecule has 2 rings (SSSR count). The fourth-order valence-electron chi connectivity index (χ4n) is 1.66. The molecule has 0 unspecified atom stereocenters. The van der Waals surface area contributed by atoms with Gasteiger partial charge in [0.1, 0.15) is 5.15 Å². The number of hydrogen-bond acceptors (Lipinski definition) is 3. The number of hydrogen-bond donors (Lipinski definition) is 1. The molecule has 18 heavy (non-hydrogen) atoms. The third kappa shape index (κ3) is 2.53. The maximum Gasteiger partial charge on any atom is 0.232 e. The molecule has 96 valence electrons. The Kier molecular flexibility index (Phi) is 3.15. The number of nitrogens with zero attached hydrogens (tertiary/aromatic N) is 2. The number of anilines is 1. The van der Waals surface area contributed by atoms with Crippen LogP contribution in [0.2, 0.25) is 5.15 Å². The van der Waals surface area contributed by atoms with Crippen molar-refractivity contribution < 1.29 is 4.79 Å². The lowest BCUT2D eigenvalue weighted by molar-refractivity contribution is -0.123. The molecule has 1 N–H and O–H groups in total. The molecule has 0 spiro atoms. The maximum absolute atomic E-state index is 11.9. The Labute approximate surface area is 111 Å². The van der Waals surface area contributed by atoms with E-state index in [1.807, 2.05) is 33.8 Å². The Morgan fingerprint density at radius 2 is 2.06 bits per heavy atom. The lowest BCUT2D eigenvalue weighted by Crippen LogP contribution is -2.28. The first-order valence-corrected chi connectivity index (χ1v) is 6.20. The standard InChI is InChI=1S/C13H16ClN3O/c1-7-5-8-9(6-7)15-12(16-10(8)14)17-11(18)13(2,3)4/h6H,5H2,1-4H3,(H,15,16,17,18). The van der Waals surface area contributed by atoms with Crippen LogP contribution >= 0.6 is 11.6 Å². The van der Waals surface area contributed by atoms with Gasteiger partial charge in [-0.05, 0) is 19.4 Å². The van der Waals surface area contributed by atoms with Crippen LogP contribution in [-0.2, 0) is 11.2 Å². The Hall–Kier alpha value is -1.42. The average molecular weight is 266 g/mol. The summed E-state index contributed by atoms with van der Waals surface area (Å²) in [6, 6.07) is 0. The van der Waals surface area contributed by atoms with Crippen LogP contribution in [0.25, 0.3) is 6.08 Å². The van der Waals surface area contributed by atoms with Gasteiger partial charge in [-0.15, -0.1) is 0 Å². The van der Waals surface area contributed by atoms with Crippen molar-refractivity contribution in [1.29, 1.82) is 0 Å². The lowest BCUT2D eigenvalue weighted by atomic mass is 9.96. The number of fused-ring (bicyclic) bond motifs is 1. The number of nitrogens with one attached hydrogen (secondary N) is 1. The molecule has 0 saturated carbocycles. The molecule has 0 radical (unpaired) electrons. The van der Waals surface area contributed by atoms with Gasteiger partial charge in [-0.3, -0.25) is 10.1 Å². The number of amides is 1. The Morgan fingerprint density at radius 3 is 2.67 bits per heavy atom.